The molecule has 2 rings (SSSR count). The Morgan fingerprint density at radius 3 is 2.67 bits per heavy atom. The SMILES string of the molecule is O=C(O)Cn1ncc(NC(=O)CCc2ccc(F)cc2)n1. The molecule has 110 valence electrons. The van der Waals surface area contributed by atoms with Crippen LogP contribution < -0.4 is 5.32 Å². The van der Waals surface area contributed by atoms with E-state index in [2.05, 4.69) is 15.5 Å². The summed E-state index contributed by atoms with van der Waals surface area (Å²) in [7, 11) is 0. The van der Waals surface area contributed by atoms with Gasteiger partial charge >= 0.3 is 5.97 Å². The molecule has 1 aromatic heterocycles. The average Bonchev–Trinajstić information content (AvgIpc) is 2.84. The van der Waals surface area contributed by atoms with Crippen molar-refractivity contribution < 1.29 is 19.1 Å². The first-order chi connectivity index (χ1) is 10.0. The van der Waals surface area contributed by atoms with Crippen molar-refractivity contribution in [2.45, 2.75) is 19.4 Å². The number of carbonyl (C=O) groups excluding carboxylic acids is 1. The van der Waals surface area contributed by atoms with E-state index >= 15 is 0 Å². The first-order valence-corrected chi connectivity index (χ1v) is 6.19. The number of nitrogens with zero attached hydrogens (tertiary/aromatic N) is 3. The van der Waals surface area contributed by atoms with E-state index < -0.39 is 5.97 Å². The minimum Gasteiger partial charge on any atom is -0.480 e. The summed E-state index contributed by atoms with van der Waals surface area (Å²) in [5.74, 6) is -1.47. The molecule has 0 atom stereocenters. The monoisotopic (exact) mass is 292 g/mol. The second kappa shape index (κ2) is 6.60. The summed E-state index contributed by atoms with van der Waals surface area (Å²) in [4.78, 5) is 23.1. The van der Waals surface area contributed by atoms with E-state index in [1.54, 1.807) is 12.1 Å². The fourth-order valence-corrected chi connectivity index (χ4v) is 1.67. The molecule has 21 heavy (non-hydrogen) atoms. The fraction of sp³-hybridized carbons (Fsp3) is 0.231. The van der Waals surface area contributed by atoms with Crippen molar-refractivity contribution in [1.82, 2.24) is 15.0 Å². The molecule has 0 bridgehead atoms. The van der Waals surface area contributed by atoms with Crippen LogP contribution in [0.4, 0.5) is 10.2 Å². The van der Waals surface area contributed by atoms with Gasteiger partial charge in [0.05, 0.1) is 6.20 Å². The van der Waals surface area contributed by atoms with Crippen molar-refractivity contribution >= 4 is 17.7 Å². The van der Waals surface area contributed by atoms with Gasteiger partial charge in [-0.1, -0.05) is 12.1 Å². The van der Waals surface area contributed by atoms with Gasteiger partial charge in [0.25, 0.3) is 0 Å². The molecular formula is C13H13FN4O3. The van der Waals surface area contributed by atoms with Crippen molar-refractivity contribution in [2.75, 3.05) is 5.32 Å². The van der Waals surface area contributed by atoms with Crippen LogP contribution in [0.25, 0.3) is 0 Å². The summed E-state index contributed by atoms with van der Waals surface area (Å²) < 4.78 is 12.7. The molecule has 7 nitrogen and oxygen atoms in total. The molecule has 0 aliphatic rings. The number of carbonyl (C=O) groups is 2. The molecule has 1 aromatic carbocycles. The molecule has 0 radical (unpaired) electrons. The molecule has 0 saturated heterocycles. The summed E-state index contributed by atoms with van der Waals surface area (Å²) >= 11 is 0. The Bertz CT molecular complexity index is 639. The van der Waals surface area contributed by atoms with Gasteiger partial charge in [0.15, 0.2) is 12.4 Å². The number of nitrogens with one attached hydrogen (secondary N) is 1. The third-order valence-electron chi connectivity index (χ3n) is 2.63. The van der Waals surface area contributed by atoms with Crippen molar-refractivity contribution in [3.63, 3.8) is 0 Å². The molecule has 8 heteroatoms. The summed E-state index contributed by atoms with van der Waals surface area (Å²) in [6, 6.07) is 5.91. The molecule has 0 aliphatic carbocycles. The summed E-state index contributed by atoms with van der Waals surface area (Å²) in [5, 5.41) is 18.6. The van der Waals surface area contributed by atoms with Crippen LogP contribution in [0.15, 0.2) is 30.5 Å². The number of hydrogen-bond donors (Lipinski definition) is 2. The average molecular weight is 292 g/mol. The van der Waals surface area contributed by atoms with Gasteiger partial charge in [-0.05, 0) is 24.1 Å². The Hall–Kier alpha value is -2.77. The zero-order chi connectivity index (χ0) is 15.2. The first-order valence-electron chi connectivity index (χ1n) is 6.19. The van der Waals surface area contributed by atoms with Gasteiger partial charge in [-0.15, -0.1) is 5.10 Å². The maximum Gasteiger partial charge on any atom is 0.327 e. The Labute approximate surface area is 119 Å². The number of aromatic nitrogens is 3. The van der Waals surface area contributed by atoms with Crippen molar-refractivity contribution in [1.29, 1.82) is 0 Å². The number of benzene rings is 1. The third kappa shape index (κ3) is 4.68. The van der Waals surface area contributed by atoms with Crippen LogP contribution in [0.2, 0.25) is 0 Å². The highest BCUT2D eigenvalue weighted by Gasteiger charge is 2.08. The Morgan fingerprint density at radius 1 is 1.29 bits per heavy atom. The predicted molar refractivity (Wildman–Crippen MR) is 71.0 cm³/mol. The third-order valence-corrected chi connectivity index (χ3v) is 2.63. The second-order valence-electron chi connectivity index (χ2n) is 4.33. The van der Waals surface area contributed by atoms with Crippen molar-refractivity contribution in [3.8, 4) is 0 Å². The Balaban J connectivity index is 1.82. The van der Waals surface area contributed by atoms with Crippen LogP contribution in [0.1, 0.15) is 12.0 Å². The molecule has 2 aromatic rings. The predicted octanol–water partition coefficient (Wildman–Crippen LogP) is 1.07. The molecule has 0 aliphatic heterocycles. The van der Waals surface area contributed by atoms with Crippen LogP contribution in [-0.2, 0) is 22.6 Å². The largest absolute Gasteiger partial charge is 0.480 e. The lowest BCUT2D eigenvalue weighted by Crippen LogP contribution is -2.14. The number of carboxylic acid groups (broad SMARTS) is 1. The lowest BCUT2D eigenvalue weighted by Gasteiger charge is -2.02. The van der Waals surface area contributed by atoms with Gasteiger partial charge in [0.1, 0.15) is 5.82 Å². The standard InChI is InChI=1S/C13H13FN4O3/c14-10-4-1-9(2-5-10)3-6-12(19)16-11-7-15-18(17-11)8-13(20)21/h1-2,4-5,7H,3,6,8H2,(H,20,21)(H,16,17,19). The van der Waals surface area contributed by atoms with E-state index in [9.17, 15) is 14.0 Å². The number of rotatable bonds is 6. The number of carboxylic acids is 1. The maximum absolute atomic E-state index is 12.7. The summed E-state index contributed by atoms with van der Waals surface area (Å²) in [6.07, 6.45) is 1.95. The Morgan fingerprint density at radius 2 is 2.00 bits per heavy atom. The van der Waals surface area contributed by atoms with E-state index in [0.29, 0.717) is 6.42 Å². The maximum atomic E-state index is 12.7. The van der Waals surface area contributed by atoms with Crippen molar-refractivity contribution in [2.24, 2.45) is 0 Å². The molecule has 1 amide bonds. The van der Waals surface area contributed by atoms with E-state index in [1.807, 2.05) is 0 Å². The van der Waals surface area contributed by atoms with E-state index in [1.165, 1.54) is 18.3 Å². The molecule has 0 unspecified atom stereocenters. The number of halogens is 1. The van der Waals surface area contributed by atoms with Crippen LogP contribution >= 0.6 is 0 Å². The lowest BCUT2D eigenvalue weighted by molar-refractivity contribution is -0.138. The smallest absolute Gasteiger partial charge is 0.327 e. The van der Waals surface area contributed by atoms with Gasteiger partial charge in [-0.2, -0.15) is 9.90 Å². The second-order valence-corrected chi connectivity index (χ2v) is 4.33. The number of aryl methyl sites for hydroxylation is 1. The van der Waals surface area contributed by atoms with Gasteiger partial charge < -0.3 is 10.4 Å². The normalized spacial score (nSPS) is 10.3. The molecule has 0 fully saturated rings. The number of hydrogen-bond acceptors (Lipinski definition) is 4. The number of amides is 1. The van der Waals surface area contributed by atoms with Crippen molar-refractivity contribution in [3.05, 3.63) is 41.8 Å². The number of anilines is 1. The zero-order valence-corrected chi connectivity index (χ0v) is 11.0. The number of aliphatic carboxylic acids is 1. The van der Waals surface area contributed by atoms with Gasteiger partial charge in [0, 0.05) is 6.42 Å². The Kier molecular flexibility index (Phi) is 4.60. The molecule has 0 spiro atoms. The molecule has 2 N–H and O–H groups in total. The molecule has 1 heterocycles. The topological polar surface area (TPSA) is 97.1 Å². The van der Waals surface area contributed by atoms with Crippen LogP contribution in [0.5, 0.6) is 0 Å². The van der Waals surface area contributed by atoms with Gasteiger partial charge in [-0.25, -0.2) is 4.39 Å². The molecular weight excluding hydrogens is 279 g/mol. The fourth-order valence-electron chi connectivity index (χ4n) is 1.67. The van der Waals surface area contributed by atoms with Crippen LogP contribution in [-0.4, -0.2) is 32.0 Å². The highest BCUT2D eigenvalue weighted by molar-refractivity contribution is 5.89. The van der Waals surface area contributed by atoms with Gasteiger partial charge in [0.2, 0.25) is 5.91 Å². The first kappa shape index (κ1) is 14.6. The van der Waals surface area contributed by atoms with Crippen LogP contribution in [0.3, 0.4) is 0 Å². The minimum atomic E-state index is -1.07. The highest BCUT2D eigenvalue weighted by Crippen LogP contribution is 2.07. The minimum absolute atomic E-state index is 0.195. The van der Waals surface area contributed by atoms with E-state index in [4.69, 9.17) is 5.11 Å². The quantitative estimate of drug-likeness (QED) is 0.830. The summed E-state index contributed by atoms with van der Waals surface area (Å²) in [6.45, 7) is -0.370. The lowest BCUT2D eigenvalue weighted by atomic mass is 10.1. The zero-order valence-electron chi connectivity index (χ0n) is 11.0. The van der Waals surface area contributed by atoms with Crippen LogP contribution in [0, 0.1) is 5.82 Å². The highest BCUT2D eigenvalue weighted by atomic mass is 19.1. The van der Waals surface area contributed by atoms with E-state index in [-0.39, 0.29) is 30.5 Å². The summed E-state index contributed by atoms with van der Waals surface area (Å²) in [5.41, 5.74) is 0.848. The van der Waals surface area contributed by atoms with E-state index in [0.717, 1.165) is 10.4 Å². The molecule has 0 saturated carbocycles. The van der Waals surface area contributed by atoms with Gasteiger partial charge in [-0.3, -0.25) is 9.59 Å².